The minimum absolute atomic E-state index is 0.0220. The number of nitrogens with zero attached hydrogens (tertiary/aromatic N) is 1. The quantitative estimate of drug-likeness (QED) is 0.777. The number of hydrogen-bond acceptors (Lipinski definition) is 3. The maximum absolute atomic E-state index is 12.4. The molecular formula is C14H19NO4. The summed E-state index contributed by atoms with van der Waals surface area (Å²) in [5, 5.41) is 9.29. The summed E-state index contributed by atoms with van der Waals surface area (Å²) < 4.78 is 0. The second-order valence-electron chi connectivity index (χ2n) is 6.13. The lowest BCUT2D eigenvalue weighted by atomic mass is 10.00. The lowest BCUT2D eigenvalue weighted by Crippen LogP contribution is -2.47. The van der Waals surface area contributed by atoms with Gasteiger partial charge in [0.25, 0.3) is 0 Å². The molecule has 0 aromatic heterocycles. The fourth-order valence-corrected chi connectivity index (χ4v) is 3.70. The molecule has 0 aromatic rings. The molecule has 1 saturated heterocycles. The lowest BCUT2D eigenvalue weighted by Gasteiger charge is -2.24. The van der Waals surface area contributed by atoms with E-state index in [-0.39, 0.29) is 29.6 Å². The van der Waals surface area contributed by atoms with Crippen LogP contribution < -0.4 is 0 Å². The zero-order valence-electron chi connectivity index (χ0n) is 11.0. The first-order chi connectivity index (χ1) is 9.04. The molecular weight excluding hydrogens is 246 g/mol. The number of carbonyl (C=O) groups is 3. The predicted molar refractivity (Wildman–Crippen MR) is 66.0 cm³/mol. The summed E-state index contributed by atoms with van der Waals surface area (Å²) in [6, 6.07) is -0.911. The molecule has 2 saturated carbocycles. The topological polar surface area (TPSA) is 74.7 Å². The molecule has 3 rings (SSSR count). The summed E-state index contributed by atoms with van der Waals surface area (Å²) in [5.41, 5.74) is 0. The number of carboxylic acid groups (broad SMARTS) is 1. The Morgan fingerprint density at radius 1 is 1.26 bits per heavy atom. The summed E-state index contributed by atoms with van der Waals surface area (Å²) in [7, 11) is 0. The van der Waals surface area contributed by atoms with Crippen molar-refractivity contribution in [1.29, 1.82) is 0 Å². The van der Waals surface area contributed by atoms with Crippen molar-refractivity contribution in [1.82, 2.24) is 4.90 Å². The Hall–Kier alpha value is -1.39. The molecule has 3 aliphatic rings. The van der Waals surface area contributed by atoms with Crippen molar-refractivity contribution in [2.75, 3.05) is 0 Å². The number of carbonyl (C=O) groups excluding carboxylic acids is 2. The van der Waals surface area contributed by atoms with Gasteiger partial charge < -0.3 is 5.11 Å². The van der Waals surface area contributed by atoms with E-state index in [2.05, 4.69) is 6.92 Å². The van der Waals surface area contributed by atoms with Crippen LogP contribution in [-0.4, -0.2) is 33.8 Å². The minimum atomic E-state index is -1.03. The molecule has 0 bridgehead atoms. The van der Waals surface area contributed by atoms with Gasteiger partial charge in [-0.3, -0.25) is 14.5 Å². The standard InChI is InChI=1S/C14H19NO4/c1-2-7-5-9-10(6-7)13(17)15(12(9)16)11(14(18)19)8-3-4-8/h7-11H,2-6H2,1H3,(H,18,19). The van der Waals surface area contributed by atoms with Crippen LogP contribution in [0.2, 0.25) is 0 Å². The number of carboxylic acids is 1. The highest BCUT2D eigenvalue weighted by Gasteiger charge is 2.57. The number of aliphatic carboxylic acids is 1. The number of fused-ring (bicyclic) bond motifs is 1. The molecule has 1 aliphatic heterocycles. The van der Waals surface area contributed by atoms with Crippen LogP contribution in [0.5, 0.6) is 0 Å². The summed E-state index contributed by atoms with van der Waals surface area (Å²) >= 11 is 0. The third-order valence-corrected chi connectivity index (χ3v) is 4.95. The van der Waals surface area contributed by atoms with Crippen LogP contribution in [0, 0.1) is 23.7 Å². The van der Waals surface area contributed by atoms with E-state index in [1.54, 1.807) is 0 Å². The van der Waals surface area contributed by atoms with E-state index in [0.717, 1.165) is 37.0 Å². The van der Waals surface area contributed by atoms with E-state index in [9.17, 15) is 19.5 Å². The first-order valence-corrected chi connectivity index (χ1v) is 7.14. The molecule has 1 heterocycles. The largest absolute Gasteiger partial charge is 0.480 e. The fourth-order valence-electron chi connectivity index (χ4n) is 3.70. The monoisotopic (exact) mass is 265 g/mol. The molecule has 104 valence electrons. The van der Waals surface area contributed by atoms with Crippen LogP contribution in [0.25, 0.3) is 0 Å². The molecule has 2 aliphatic carbocycles. The molecule has 3 unspecified atom stereocenters. The van der Waals surface area contributed by atoms with Gasteiger partial charge in [-0.2, -0.15) is 0 Å². The van der Waals surface area contributed by atoms with Gasteiger partial charge in [-0.1, -0.05) is 13.3 Å². The van der Waals surface area contributed by atoms with Gasteiger partial charge in [-0.05, 0) is 37.5 Å². The molecule has 3 atom stereocenters. The van der Waals surface area contributed by atoms with Crippen LogP contribution >= 0.6 is 0 Å². The number of amides is 2. The summed E-state index contributed by atoms with van der Waals surface area (Å²) in [4.78, 5) is 37.2. The Labute approximate surface area is 112 Å². The SMILES string of the molecule is CCC1CC2C(=O)N(C(C(=O)O)C3CC3)C(=O)C2C1. The zero-order valence-corrected chi connectivity index (χ0v) is 11.0. The van der Waals surface area contributed by atoms with E-state index in [1.807, 2.05) is 0 Å². The van der Waals surface area contributed by atoms with Gasteiger partial charge in [0.05, 0.1) is 11.8 Å². The molecule has 3 fully saturated rings. The lowest BCUT2D eigenvalue weighted by molar-refractivity contribution is -0.156. The van der Waals surface area contributed by atoms with E-state index in [1.165, 1.54) is 0 Å². The Morgan fingerprint density at radius 3 is 2.16 bits per heavy atom. The molecule has 19 heavy (non-hydrogen) atoms. The highest BCUT2D eigenvalue weighted by atomic mass is 16.4. The van der Waals surface area contributed by atoms with Gasteiger partial charge in [0.15, 0.2) is 0 Å². The second kappa shape index (κ2) is 4.32. The average Bonchev–Trinajstić information content (AvgIpc) is 3.05. The molecule has 1 N–H and O–H groups in total. The molecule has 5 nitrogen and oxygen atoms in total. The van der Waals surface area contributed by atoms with Crippen molar-refractivity contribution in [3.8, 4) is 0 Å². The first-order valence-electron chi connectivity index (χ1n) is 7.14. The van der Waals surface area contributed by atoms with Crippen molar-refractivity contribution in [3.63, 3.8) is 0 Å². The van der Waals surface area contributed by atoms with Crippen molar-refractivity contribution >= 4 is 17.8 Å². The molecule has 0 aromatic carbocycles. The van der Waals surface area contributed by atoms with Crippen molar-refractivity contribution in [2.45, 2.75) is 45.1 Å². The normalized spacial score (nSPS) is 35.6. The predicted octanol–water partition coefficient (Wildman–Crippen LogP) is 1.27. The molecule has 0 spiro atoms. The number of rotatable bonds is 4. The molecule has 5 heteroatoms. The van der Waals surface area contributed by atoms with E-state index >= 15 is 0 Å². The highest BCUT2D eigenvalue weighted by Crippen LogP contribution is 2.47. The molecule has 0 radical (unpaired) electrons. The van der Waals surface area contributed by atoms with Crippen LogP contribution in [0.1, 0.15) is 39.0 Å². The third kappa shape index (κ3) is 1.86. The maximum atomic E-state index is 12.4. The second-order valence-corrected chi connectivity index (χ2v) is 6.13. The summed E-state index contributed by atoms with van der Waals surface area (Å²) in [6.07, 6.45) is 4.10. The van der Waals surface area contributed by atoms with E-state index in [4.69, 9.17) is 0 Å². The highest BCUT2D eigenvalue weighted by molar-refractivity contribution is 6.08. The zero-order chi connectivity index (χ0) is 13.7. The Bertz CT molecular complexity index is 419. The number of hydrogen-bond donors (Lipinski definition) is 1. The third-order valence-electron chi connectivity index (χ3n) is 4.95. The van der Waals surface area contributed by atoms with Crippen molar-refractivity contribution in [3.05, 3.63) is 0 Å². The van der Waals surface area contributed by atoms with Gasteiger partial charge in [0.1, 0.15) is 6.04 Å². The van der Waals surface area contributed by atoms with Crippen molar-refractivity contribution in [2.24, 2.45) is 23.7 Å². The maximum Gasteiger partial charge on any atom is 0.327 e. The van der Waals surface area contributed by atoms with Gasteiger partial charge in [-0.25, -0.2) is 4.79 Å². The van der Waals surface area contributed by atoms with Crippen molar-refractivity contribution < 1.29 is 19.5 Å². The average molecular weight is 265 g/mol. The summed E-state index contributed by atoms with van der Waals surface area (Å²) in [5.74, 6) is -1.58. The van der Waals surface area contributed by atoms with Gasteiger partial charge in [-0.15, -0.1) is 0 Å². The van der Waals surface area contributed by atoms with Gasteiger partial charge >= 0.3 is 5.97 Å². The van der Waals surface area contributed by atoms with Crippen LogP contribution in [-0.2, 0) is 14.4 Å². The number of likely N-dealkylation sites (tertiary alicyclic amines) is 1. The van der Waals surface area contributed by atoms with Crippen LogP contribution in [0.15, 0.2) is 0 Å². The minimum Gasteiger partial charge on any atom is -0.480 e. The Balaban J connectivity index is 1.84. The molecule has 2 amide bonds. The Morgan fingerprint density at radius 2 is 1.79 bits per heavy atom. The first kappa shape index (κ1) is 12.6. The van der Waals surface area contributed by atoms with Gasteiger partial charge in [0.2, 0.25) is 11.8 Å². The summed E-state index contributed by atoms with van der Waals surface area (Å²) in [6.45, 7) is 2.07. The van der Waals surface area contributed by atoms with Crippen LogP contribution in [0.3, 0.4) is 0 Å². The van der Waals surface area contributed by atoms with Gasteiger partial charge in [0, 0.05) is 0 Å². The van der Waals surface area contributed by atoms with Crippen LogP contribution in [0.4, 0.5) is 0 Å². The smallest absolute Gasteiger partial charge is 0.327 e. The Kier molecular flexibility index (Phi) is 2.87. The van der Waals surface area contributed by atoms with E-state index in [0.29, 0.717) is 5.92 Å². The number of imide groups is 1. The fraction of sp³-hybridized carbons (Fsp3) is 0.786. The van der Waals surface area contributed by atoms with E-state index < -0.39 is 12.0 Å².